The maximum atomic E-state index is 12.4. The molecular formula is C18H27NO5. The zero-order chi connectivity index (χ0) is 17.9. The van der Waals surface area contributed by atoms with Crippen LogP contribution < -0.4 is 4.74 Å². The van der Waals surface area contributed by atoms with Crippen LogP contribution in [0.5, 0.6) is 5.75 Å². The number of carbonyl (C=O) groups excluding carboxylic acids is 2. The van der Waals surface area contributed by atoms with Crippen molar-refractivity contribution in [2.75, 3.05) is 40.0 Å². The molecule has 6 nitrogen and oxygen atoms in total. The molecule has 0 spiro atoms. The number of hydrogen-bond acceptors (Lipinski definition) is 5. The number of hydrogen-bond donors (Lipinski definition) is 0. The van der Waals surface area contributed by atoms with Crippen LogP contribution in [0.2, 0.25) is 0 Å². The molecule has 0 unspecified atom stereocenters. The number of methoxy groups -OCH3 is 1. The first-order chi connectivity index (χ1) is 11.5. The fraction of sp³-hybridized carbons (Fsp3) is 0.556. The molecule has 0 bridgehead atoms. The van der Waals surface area contributed by atoms with Crippen LogP contribution in [-0.4, -0.2) is 56.8 Å². The fourth-order valence-corrected chi connectivity index (χ4v) is 2.12. The Balaban J connectivity index is 2.59. The lowest BCUT2D eigenvalue weighted by atomic mass is 10.1. The summed E-state index contributed by atoms with van der Waals surface area (Å²) in [5.74, 6) is 0.195. The highest BCUT2D eigenvalue weighted by molar-refractivity contribution is 5.78. The van der Waals surface area contributed by atoms with Gasteiger partial charge in [-0.1, -0.05) is 12.1 Å². The second-order valence-electron chi connectivity index (χ2n) is 5.49. The van der Waals surface area contributed by atoms with Crippen LogP contribution in [0.15, 0.2) is 18.2 Å². The Labute approximate surface area is 143 Å². The van der Waals surface area contributed by atoms with Crippen LogP contribution in [0.3, 0.4) is 0 Å². The molecule has 134 valence electrons. The minimum absolute atomic E-state index is 0.0726. The van der Waals surface area contributed by atoms with Crippen molar-refractivity contribution in [2.24, 2.45) is 0 Å². The van der Waals surface area contributed by atoms with E-state index in [0.717, 1.165) is 11.1 Å². The number of nitrogens with zero attached hydrogens (tertiary/aromatic N) is 1. The Morgan fingerprint density at radius 3 is 2.58 bits per heavy atom. The summed E-state index contributed by atoms with van der Waals surface area (Å²) >= 11 is 0. The Bertz CT molecular complexity index is 544. The monoisotopic (exact) mass is 337 g/mol. The summed E-state index contributed by atoms with van der Waals surface area (Å²) in [6.45, 7) is 7.02. The van der Waals surface area contributed by atoms with Crippen LogP contribution in [0, 0.1) is 13.8 Å². The first-order valence-corrected chi connectivity index (χ1v) is 8.10. The molecule has 0 N–H and O–H groups in total. The van der Waals surface area contributed by atoms with Crippen molar-refractivity contribution in [2.45, 2.75) is 27.2 Å². The molecule has 0 atom stereocenters. The highest BCUT2D eigenvalue weighted by Gasteiger charge is 2.16. The van der Waals surface area contributed by atoms with Gasteiger partial charge in [0, 0.05) is 20.2 Å². The number of rotatable bonds is 10. The highest BCUT2D eigenvalue weighted by atomic mass is 16.5. The summed E-state index contributed by atoms with van der Waals surface area (Å²) in [6.07, 6.45) is 0.159. The Morgan fingerprint density at radius 2 is 1.92 bits per heavy atom. The third kappa shape index (κ3) is 7.00. The average Bonchev–Trinajstić information content (AvgIpc) is 2.55. The van der Waals surface area contributed by atoms with E-state index in [0.29, 0.717) is 25.5 Å². The standard InChI is InChI=1S/C18H27NO5/c1-5-23-18(21)8-9-19(10-11-22-4)17(20)13-24-16-12-14(2)6-7-15(16)3/h6-7,12H,5,8-11,13H2,1-4H3. The molecule has 0 saturated carbocycles. The molecule has 1 rings (SSSR count). The first kappa shape index (κ1) is 20.0. The summed E-state index contributed by atoms with van der Waals surface area (Å²) in [6, 6.07) is 5.85. The maximum absolute atomic E-state index is 12.4. The quantitative estimate of drug-likeness (QED) is 0.612. The number of carbonyl (C=O) groups is 2. The molecule has 0 radical (unpaired) electrons. The Hall–Kier alpha value is -2.08. The highest BCUT2D eigenvalue weighted by Crippen LogP contribution is 2.19. The smallest absolute Gasteiger partial charge is 0.307 e. The lowest BCUT2D eigenvalue weighted by Crippen LogP contribution is -2.38. The van der Waals surface area contributed by atoms with Crippen LogP contribution in [-0.2, 0) is 19.1 Å². The third-order valence-corrected chi connectivity index (χ3v) is 3.50. The van der Waals surface area contributed by atoms with Gasteiger partial charge in [-0.25, -0.2) is 0 Å². The van der Waals surface area contributed by atoms with E-state index in [1.165, 1.54) is 0 Å². The summed E-state index contributed by atoms with van der Waals surface area (Å²) in [5, 5.41) is 0. The summed E-state index contributed by atoms with van der Waals surface area (Å²) in [4.78, 5) is 25.4. The van der Waals surface area contributed by atoms with E-state index in [1.54, 1.807) is 18.9 Å². The zero-order valence-electron chi connectivity index (χ0n) is 15.0. The molecule has 0 aliphatic rings. The number of esters is 1. The SMILES string of the molecule is CCOC(=O)CCN(CCOC)C(=O)COc1cc(C)ccc1C. The van der Waals surface area contributed by atoms with E-state index >= 15 is 0 Å². The lowest BCUT2D eigenvalue weighted by Gasteiger charge is -2.22. The molecule has 0 saturated heterocycles. The summed E-state index contributed by atoms with van der Waals surface area (Å²) in [7, 11) is 1.57. The Kier molecular flexibility index (Phi) is 8.86. The van der Waals surface area contributed by atoms with Gasteiger partial charge in [0.05, 0.1) is 19.6 Å². The predicted molar refractivity (Wildman–Crippen MR) is 91.1 cm³/mol. The van der Waals surface area contributed by atoms with Gasteiger partial charge in [0.1, 0.15) is 5.75 Å². The van der Waals surface area contributed by atoms with Gasteiger partial charge in [-0.2, -0.15) is 0 Å². The van der Waals surface area contributed by atoms with Gasteiger partial charge in [-0.05, 0) is 38.0 Å². The number of aryl methyl sites for hydroxylation is 2. The normalized spacial score (nSPS) is 10.3. The Morgan fingerprint density at radius 1 is 1.17 bits per heavy atom. The van der Waals surface area contributed by atoms with Gasteiger partial charge in [0.25, 0.3) is 5.91 Å². The lowest BCUT2D eigenvalue weighted by molar-refractivity contribution is -0.144. The van der Waals surface area contributed by atoms with E-state index in [1.807, 2.05) is 32.0 Å². The van der Waals surface area contributed by atoms with Crippen LogP contribution >= 0.6 is 0 Å². The average molecular weight is 337 g/mol. The van der Waals surface area contributed by atoms with Crippen molar-refractivity contribution in [1.29, 1.82) is 0 Å². The van der Waals surface area contributed by atoms with Crippen LogP contribution in [0.1, 0.15) is 24.5 Å². The van der Waals surface area contributed by atoms with Gasteiger partial charge in [-0.3, -0.25) is 9.59 Å². The molecule has 1 amide bonds. The second-order valence-corrected chi connectivity index (χ2v) is 5.49. The van der Waals surface area contributed by atoms with E-state index in [2.05, 4.69) is 0 Å². The zero-order valence-corrected chi connectivity index (χ0v) is 15.0. The summed E-state index contributed by atoms with van der Waals surface area (Å²) in [5.41, 5.74) is 2.05. The van der Waals surface area contributed by atoms with E-state index in [-0.39, 0.29) is 31.4 Å². The number of benzene rings is 1. The molecule has 1 aromatic carbocycles. The van der Waals surface area contributed by atoms with E-state index in [9.17, 15) is 9.59 Å². The van der Waals surface area contributed by atoms with Gasteiger partial charge in [-0.15, -0.1) is 0 Å². The van der Waals surface area contributed by atoms with Crippen molar-refractivity contribution >= 4 is 11.9 Å². The molecule has 0 heterocycles. The number of amides is 1. The second kappa shape index (κ2) is 10.6. The molecule has 0 fully saturated rings. The van der Waals surface area contributed by atoms with Crippen molar-refractivity contribution < 1.29 is 23.8 Å². The largest absolute Gasteiger partial charge is 0.483 e. The minimum atomic E-state index is -0.317. The molecule has 24 heavy (non-hydrogen) atoms. The van der Waals surface area contributed by atoms with Gasteiger partial charge < -0.3 is 19.1 Å². The van der Waals surface area contributed by atoms with Gasteiger partial charge in [0.2, 0.25) is 0 Å². The van der Waals surface area contributed by atoms with Gasteiger partial charge in [0.15, 0.2) is 6.61 Å². The molecule has 0 aliphatic carbocycles. The van der Waals surface area contributed by atoms with E-state index < -0.39 is 0 Å². The molecule has 0 aliphatic heterocycles. The predicted octanol–water partition coefficient (Wildman–Crippen LogP) is 2.11. The molecule has 1 aromatic rings. The first-order valence-electron chi connectivity index (χ1n) is 8.10. The number of ether oxygens (including phenoxy) is 3. The van der Waals surface area contributed by atoms with Crippen molar-refractivity contribution in [3.05, 3.63) is 29.3 Å². The molecule has 0 aromatic heterocycles. The van der Waals surface area contributed by atoms with E-state index in [4.69, 9.17) is 14.2 Å². The molecular weight excluding hydrogens is 310 g/mol. The minimum Gasteiger partial charge on any atom is -0.483 e. The van der Waals surface area contributed by atoms with Gasteiger partial charge >= 0.3 is 5.97 Å². The third-order valence-electron chi connectivity index (χ3n) is 3.50. The topological polar surface area (TPSA) is 65.1 Å². The van der Waals surface area contributed by atoms with Crippen molar-refractivity contribution in [3.8, 4) is 5.75 Å². The fourth-order valence-electron chi connectivity index (χ4n) is 2.12. The van der Waals surface area contributed by atoms with Crippen LogP contribution in [0.4, 0.5) is 0 Å². The van der Waals surface area contributed by atoms with Crippen molar-refractivity contribution in [1.82, 2.24) is 4.90 Å². The van der Waals surface area contributed by atoms with Crippen LogP contribution in [0.25, 0.3) is 0 Å². The molecule has 6 heteroatoms. The van der Waals surface area contributed by atoms with Crippen molar-refractivity contribution in [3.63, 3.8) is 0 Å². The summed E-state index contributed by atoms with van der Waals surface area (Å²) < 4.78 is 15.6. The maximum Gasteiger partial charge on any atom is 0.307 e.